The van der Waals surface area contributed by atoms with Crippen LogP contribution < -0.4 is 15.5 Å². The third kappa shape index (κ3) is 4.73. The van der Waals surface area contributed by atoms with Crippen molar-refractivity contribution in [3.05, 3.63) is 34.8 Å². The average molecular weight is 464 g/mol. The monoisotopic (exact) mass is 463 g/mol. The largest absolute Gasteiger partial charge is 0.336 e. The molecule has 166 valence electrons. The van der Waals surface area contributed by atoms with E-state index in [-0.39, 0.29) is 23.3 Å². The molecule has 0 spiro atoms. The van der Waals surface area contributed by atoms with Gasteiger partial charge in [-0.2, -0.15) is 4.31 Å². The van der Waals surface area contributed by atoms with Gasteiger partial charge in [-0.15, -0.1) is 11.3 Å². The number of hydrogen-bond donors (Lipinski definition) is 2. The molecule has 0 unspecified atom stereocenters. The number of anilines is 2. The van der Waals surface area contributed by atoms with E-state index in [1.165, 1.54) is 21.7 Å². The second kappa shape index (κ2) is 8.93. The molecule has 0 bridgehead atoms. The van der Waals surface area contributed by atoms with Crippen LogP contribution in [0.3, 0.4) is 0 Å². The third-order valence-corrected chi connectivity index (χ3v) is 8.21. The molecule has 4 rings (SSSR count). The second-order valence-electron chi connectivity index (χ2n) is 7.67. The number of aromatic nitrogens is 1. The van der Waals surface area contributed by atoms with Gasteiger partial charge in [0.1, 0.15) is 0 Å². The number of benzene rings is 1. The van der Waals surface area contributed by atoms with Gasteiger partial charge in [0.2, 0.25) is 15.9 Å². The molecule has 2 aliphatic rings. The van der Waals surface area contributed by atoms with Gasteiger partial charge in [0.05, 0.1) is 17.0 Å². The van der Waals surface area contributed by atoms with Crippen LogP contribution in [0.25, 0.3) is 0 Å². The second-order valence-corrected chi connectivity index (χ2v) is 10.4. The SMILES string of the molecule is Cc1ccc(S(=O)(=O)N2CCCCC2)cc1NC(=O)Cc1csc(N2CCNC2=O)n1. The quantitative estimate of drug-likeness (QED) is 0.683. The van der Waals surface area contributed by atoms with Crippen LogP contribution >= 0.6 is 11.3 Å². The van der Waals surface area contributed by atoms with Crippen molar-refractivity contribution < 1.29 is 18.0 Å². The molecule has 2 aliphatic heterocycles. The van der Waals surface area contributed by atoms with Gasteiger partial charge in [0.15, 0.2) is 5.13 Å². The number of sulfonamides is 1. The van der Waals surface area contributed by atoms with E-state index in [1.807, 2.05) is 6.92 Å². The number of carbonyl (C=O) groups excluding carboxylic acids is 2. The van der Waals surface area contributed by atoms with Crippen molar-refractivity contribution in [1.82, 2.24) is 14.6 Å². The molecule has 3 heterocycles. The van der Waals surface area contributed by atoms with E-state index in [0.29, 0.717) is 42.7 Å². The van der Waals surface area contributed by atoms with Crippen molar-refractivity contribution in [1.29, 1.82) is 0 Å². The molecule has 0 atom stereocenters. The summed E-state index contributed by atoms with van der Waals surface area (Å²) in [5, 5.41) is 7.84. The van der Waals surface area contributed by atoms with E-state index in [0.717, 1.165) is 24.8 Å². The first-order valence-corrected chi connectivity index (χ1v) is 12.6. The predicted molar refractivity (Wildman–Crippen MR) is 119 cm³/mol. The van der Waals surface area contributed by atoms with Crippen molar-refractivity contribution in [3.63, 3.8) is 0 Å². The van der Waals surface area contributed by atoms with Crippen LogP contribution in [0.4, 0.5) is 15.6 Å². The number of urea groups is 1. The molecule has 9 nitrogen and oxygen atoms in total. The summed E-state index contributed by atoms with van der Waals surface area (Å²) in [4.78, 5) is 30.5. The lowest BCUT2D eigenvalue weighted by Gasteiger charge is -2.26. The van der Waals surface area contributed by atoms with Crippen molar-refractivity contribution in [3.8, 4) is 0 Å². The summed E-state index contributed by atoms with van der Waals surface area (Å²) in [6.07, 6.45) is 2.81. The number of amides is 3. The minimum Gasteiger partial charge on any atom is -0.336 e. The van der Waals surface area contributed by atoms with E-state index < -0.39 is 10.0 Å². The van der Waals surface area contributed by atoms with Crippen LogP contribution in [0.2, 0.25) is 0 Å². The fourth-order valence-corrected chi connectivity index (χ4v) is 6.06. The Labute approximate surface area is 185 Å². The summed E-state index contributed by atoms with van der Waals surface area (Å²) < 4.78 is 27.4. The van der Waals surface area contributed by atoms with Crippen molar-refractivity contribution in [2.75, 3.05) is 36.4 Å². The third-order valence-electron chi connectivity index (χ3n) is 5.40. The molecule has 11 heteroatoms. The molecule has 1 aromatic carbocycles. The van der Waals surface area contributed by atoms with Crippen molar-refractivity contribution in [2.45, 2.75) is 37.5 Å². The van der Waals surface area contributed by atoms with Crippen LogP contribution in [-0.4, -0.2) is 55.8 Å². The maximum Gasteiger partial charge on any atom is 0.323 e. The lowest BCUT2D eigenvalue weighted by atomic mass is 10.2. The van der Waals surface area contributed by atoms with Crippen LogP contribution in [0, 0.1) is 6.92 Å². The van der Waals surface area contributed by atoms with Gasteiger partial charge < -0.3 is 10.6 Å². The Balaban J connectivity index is 1.45. The summed E-state index contributed by atoms with van der Waals surface area (Å²) in [5.41, 5.74) is 1.81. The first-order chi connectivity index (χ1) is 14.8. The summed E-state index contributed by atoms with van der Waals surface area (Å²) in [5.74, 6) is -0.293. The molecular formula is C20H25N5O4S2. The van der Waals surface area contributed by atoms with Gasteiger partial charge in [-0.3, -0.25) is 9.69 Å². The van der Waals surface area contributed by atoms with Gasteiger partial charge in [-0.1, -0.05) is 12.5 Å². The number of aryl methyl sites for hydroxylation is 1. The Morgan fingerprint density at radius 1 is 1.23 bits per heavy atom. The zero-order chi connectivity index (χ0) is 22.0. The molecule has 2 saturated heterocycles. The number of piperidine rings is 1. The Morgan fingerprint density at radius 2 is 2.00 bits per heavy atom. The van der Waals surface area contributed by atoms with E-state index in [4.69, 9.17) is 0 Å². The Bertz CT molecular complexity index is 1090. The van der Waals surface area contributed by atoms with Crippen molar-refractivity contribution >= 4 is 44.1 Å². The van der Waals surface area contributed by atoms with Gasteiger partial charge >= 0.3 is 6.03 Å². The number of nitrogens with one attached hydrogen (secondary N) is 2. The molecule has 0 saturated carbocycles. The molecule has 0 radical (unpaired) electrons. The first kappa shape index (κ1) is 21.7. The lowest BCUT2D eigenvalue weighted by molar-refractivity contribution is -0.115. The fourth-order valence-electron chi connectivity index (χ4n) is 3.67. The Kier molecular flexibility index (Phi) is 6.26. The number of rotatable bonds is 6. The highest BCUT2D eigenvalue weighted by Gasteiger charge is 2.27. The maximum atomic E-state index is 13.0. The predicted octanol–water partition coefficient (Wildman–Crippen LogP) is 2.34. The molecule has 2 aromatic rings. The molecular weight excluding hydrogens is 438 g/mol. The van der Waals surface area contributed by atoms with Gasteiger partial charge in [0.25, 0.3) is 0 Å². The van der Waals surface area contributed by atoms with E-state index in [1.54, 1.807) is 22.4 Å². The van der Waals surface area contributed by atoms with E-state index >= 15 is 0 Å². The Hall–Kier alpha value is -2.50. The van der Waals surface area contributed by atoms with Gasteiger partial charge in [-0.05, 0) is 37.5 Å². The first-order valence-electron chi connectivity index (χ1n) is 10.2. The van der Waals surface area contributed by atoms with Crippen molar-refractivity contribution in [2.24, 2.45) is 0 Å². The molecule has 31 heavy (non-hydrogen) atoms. The van der Waals surface area contributed by atoms with E-state index in [2.05, 4.69) is 15.6 Å². The molecule has 2 fully saturated rings. The van der Waals surface area contributed by atoms with Crippen LogP contribution in [0.5, 0.6) is 0 Å². The van der Waals surface area contributed by atoms with E-state index in [9.17, 15) is 18.0 Å². The highest BCUT2D eigenvalue weighted by molar-refractivity contribution is 7.89. The molecule has 3 amide bonds. The average Bonchev–Trinajstić information content (AvgIpc) is 3.38. The highest BCUT2D eigenvalue weighted by Crippen LogP contribution is 2.26. The number of thiazole rings is 1. The molecule has 0 aliphatic carbocycles. The minimum absolute atomic E-state index is 0.0362. The summed E-state index contributed by atoms with van der Waals surface area (Å²) in [6, 6.07) is 4.63. The number of carbonyl (C=O) groups is 2. The Morgan fingerprint density at radius 3 is 2.71 bits per heavy atom. The molecule has 1 aromatic heterocycles. The fraction of sp³-hybridized carbons (Fsp3) is 0.450. The standard InChI is InChI=1S/C20H25N5O4S2/c1-14-5-6-16(31(28,29)24-8-3-2-4-9-24)12-17(14)23-18(26)11-15-13-30-20(22-15)25-10-7-21-19(25)27/h5-6,12-13H,2-4,7-11H2,1H3,(H,21,27)(H,23,26). The van der Waals surface area contributed by atoms with Crippen LogP contribution in [0.15, 0.2) is 28.5 Å². The van der Waals surface area contributed by atoms with Gasteiger partial charge in [0, 0.05) is 37.2 Å². The molecule has 2 N–H and O–H groups in total. The topological polar surface area (TPSA) is 112 Å². The highest BCUT2D eigenvalue weighted by atomic mass is 32.2. The zero-order valence-electron chi connectivity index (χ0n) is 17.3. The summed E-state index contributed by atoms with van der Waals surface area (Å²) in [7, 11) is -3.58. The number of nitrogens with zero attached hydrogens (tertiary/aromatic N) is 3. The maximum absolute atomic E-state index is 13.0. The zero-order valence-corrected chi connectivity index (χ0v) is 18.9. The summed E-state index contributed by atoms with van der Waals surface area (Å²) >= 11 is 1.31. The lowest BCUT2D eigenvalue weighted by Crippen LogP contribution is -2.35. The van der Waals surface area contributed by atoms with Crippen LogP contribution in [-0.2, 0) is 21.2 Å². The van der Waals surface area contributed by atoms with Gasteiger partial charge in [-0.25, -0.2) is 18.2 Å². The van der Waals surface area contributed by atoms with Crippen LogP contribution in [0.1, 0.15) is 30.5 Å². The summed E-state index contributed by atoms with van der Waals surface area (Å²) in [6.45, 7) is 4.00. The smallest absolute Gasteiger partial charge is 0.323 e. The minimum atomic E-state index is -3.58. The number of hydrogen-bond acceptors (Lipinski definition) is 6. The normalized spacial score (nSPS) is 17.6.